The van der Waals surface area contributed by atoms with Crippen LogP contribution in [0.25, 0.3) is 10.2 Å². The predicted molar refractivity (Wildman–Crippen MR) is 118 cm³/mol. The number of fused-ring (bicyclic) bond motifs is 1. The maximum absolute atomic E-state index is 12.6. The Kier molecular flexibility index (Phi) is 9.60. The van der Waals surface area contributed by atoms with Gasteiger partial charge in [-0.2, -0.15) is 0 Å². The molecule has 0 aliphatic rings. The molecule has 2 rings (SSSR count). The lowest BCUT2D eigenvalue weighted by Crippen LogP contribution is -2.36. The van der Waals surface area contributed by atoms with Gasteiger partial charge in [-0.15, -0.1) is 11.3 Å². The maximum atomic E-state index is 12.6. The van der Waals surface area contributed by atoms with Crippen LogP contribution >= 0.6 is 11.3 Å². The summed E-state index contributed by atoms with van der Waals surface area (Å²) in [5, 5.41) is 10.6. The highest BCUT2D eigenvalue weighted by Crippen LogP contribution is 2.27. The first-order chi connectivity index (χ1) is 14.8. The van der Waals surface area contributed by atoms with Crippen LogP contribution in [0.4, 0.5) is 0 Å². The van der Waals surface area contributed by atoms with Crippen LogP contribution in [0.1, 0.15) is 61.1 Å². The van der Waals surface area contributed by atoms with E-state index in [4.69, 9.17) is 9.47 Å². The van der Waals surface area contributed by atoms with E-state index in [2.05, 4.69) is 9.97 Å². The Bertz CT molecular complexity index is 954. The van der Waals surface area contributed by atoms with Gasteiger partial charge in [-0.1, -0.05) is 13.8 Å². The minimum absolute atomic E-state index is 0.0744. The van der Waals surface area contributed by atoms with Gasteiger partial charge in [0.05, 0.1) is 18.5 Å². The number of nitrogens with zero attached hydrogens (tertiary/aromatic N) is 2. The smallest absolute Gasteiger partial charge is 0.348 e. The van der Waals surface area contributed by atoms with Crippen molar-refractivity contribution in [2.24, 2.45) is 0 Å². The van der Waals surface area contributed by atoms with Crippen LogP contribution in [0.3, 0.4) is 0 Å². The molecular formula is C21H31N3O6S. The quantitative estimate of drug-likeness (QED) is 0.470. The van der Waals surface area contributed by atoms with Crippen molar-refractivity contribution in [3.05, 3.63) is 26.6 Å². The third-order valence-corrected chi connectivity index (χ3v) is 5.75. The summed E-state index contributed by atoms with van der Waals surface area (Å²) in [5.74, 6) is -0.347. The number of esters is 2. The number of nitrogens with one attached hydrogen (secondary N) is 1. The van der Waals surface area contributed by atoms with Gasteiger partial charge in [-0.05, 0) is 38.8 Å². The van der Waals surface area contributed by atoms with E-state index in [-0.39, 0.29) is 31.3 Å². The Balaban J connectivity index is 2.16. The second-order valence-electron chi connectivity index (χ2n) is 7.29. The number of aromatic amines is 1. The monoisotopic (exact) mass is 453 g/mol. The Labute approximate surface area is 185 Å². The van der Waals surface area contributed by atoms with E-state index < -0.39 is 12.1 Å². The summed E-state index contributed by atoms with van der Waals surface area (Å²) in [6, 6.07) is 0. The van der Waals surface area contributed by atoms with E-state index in [1.807, 2.05) is 18.7 Å². The van der Waals surface area contributed by atoms with E-state index in [0.717, 1.165) is 17.8 Å². The van der Waals surface area contributed by atoms with Crippen molar-refractivity contribution in [2.45, 2.75) is 59.6 Å². The molecule has 0 amide bonds. The fourth-order valence-electron chi connectivity index (χ4n) is 3.23. The number of hydrogen-bond acceptors (Lipinski definition) is 9. The molecule has 2 aromatic heterocycles. The summed E-state index contributed by atoms with van der Waals surface area (Å²) < 4.78 is 10.1. The molecule has 0 aliphatic carbocycles. The number of aromatic nitrogens is 2. The van der Waals surface area contributed by atoms with Gasteiger partial charge in [-0.25, -0.2) is 9.78 Å². The lowest BCUT2D eigenvalue weighted by atomic mass is 10.2. The number of aliphatic hydroxyl groups is 1. The molecule has 0 spiro atoms. The zero-order valence-electron chi connectivity index (χ0n) is 18.5. The van der Waals surface area contributed by atoms with Crippen molar-refractivity contribution in [3.63, 3.8) is 0 Å². The van der Waals surface area contributed by atoms with Crippen molar-refractivity contribution in [2.75, 3.05) is 26.3 Å². The predicted octanol–water partition coefficient (Wildman–Crippen LogP) is 2.39. The van der Waals surface area contributed by atoms with E-state index >= 15 is 0 Å². The van der Waals surface area contributed by atoms with Gasteiger partial charge >= 0.3 is 11.9 Å². The summed E-state index contributed by atoms with van der Waals surface area (Å²) >= 11 is 1.14. The van der Waals surface area contributed by atoms with Gasteiger partial charge in [0.2, 0.25) is 0 Å². The van der Waals surface area contributed by atoms with Crippen LogP contribution in [0.2, 0.25) is 0 Å². The Morgan fingerprint density at radius 2 is 1.97 bits per heavy atom. The summed E-state index contributed by atoms with van der Waals surface area (Å²) in [6.45, 7) is 8.76. The molecule has 2 N–H and O–H groups in total. The van der Waals surface area contributed by atoms with Crippen molar-refractivity contribution in [3.8, 4) is 0 Å². The van der Waals surface area contributed by atoms with E-state index in [0.29, 0.717) is 52.4 Å². The number of H-pyrrole nitrogens is 1. The molecular weight excluding hydrogens is 422 g/mol. The molecule has 2 heterocycles. The van der Waals surface area contributed by atoms with Crippen LogP contribution in [0.5, 0.6) is 0 Å². The highest BCUT2D eigenvalue weighted by Gasteiger charge is 2.21. The number of carbonyl (C=O) groups excluding carboxylic acids is 2. The number of carbonyl (C=O) groups is 2. The van der Waals surface area contributed by atoms with Crippen molar-refractivity contribution >= 4 is 33.5 Å². The summed E-state index contributed by atoms with van der Waals surface area (Å²) in [5.41, 5.74) is 0.253. The van der Waals surface area contributed by atoms with Crippen molar-refractivity contribution < 1.29 is 24.2 Å². The van der Waals surface area contributed by atoms with Crippen LogP contribution in [-0.4, -0.2) is 64.3 Å². The molecule has 1 unspecified atom stereocenters. The molecule has 172 valence electrons. The van der Waals surface area contributed by atoms with Gasteiger partial charge in [0.25, 0.3) is 5.56 Å². The van der Waals surface area contributed by atoms with Gasteiger partial charge < -0.3 is 19.6 Å². The first kappa shape index (κ1) is 25.0. The molecule has 10 heteroatoms. The number of rotatable bonds is 12. The van der Waals surface area contributed by atoms with Gasteiger partial charge in [-0.3, -0.25) is 14.5 Å². The summed E-state index contributed by atoms with van der Waals surface area (Å²) in [4.78, 5) is 46.4. The number of thiophene rings is 1. The maximum Gasteiger partial charge on any atom is 0.348 e. The Morgan fingerprint density at radius 1 is 1.23 bits per heavy atom. The van der Waals surface area contributed by atoms with Crippen LogP contribution in [0.15, 0.2) is 4.79 Å². The molecule has 0 aromatic carbocycles. The normalized spacial score (nSPS) is 12.3. The highest BCUT2D eigenvalue weighted by atomic mass is 32.1. The standard InChI is InChI=1S/C21H31N3O6S/c1-5-8-16(26)30-12-14(25)10-24(9-6-2)11-15-22-19(27)17-13(4)18(21(28)29-7-3)31-20(17)23-15/h14,25H,5-12H2,1-4H3,(H,22,23,27). The van der Waals surface area contributed by atoms with Crippen LogP contribution in [0, 0.1) is 6.92 Å². The summed E-state index contributed by atoms with van der Waals surface area (Å²) in [7, 11) is 0. The van der Waals surface area contributed by atoms with Gasteiger partial charge in [0.1, 0.15) is 28.2 Å². The molecule has 0 bridgehead atoms. The fraction of sp³-hybridized carbons (Fsp3) is 0.619. The average Bonchev–Trinajstić information content (AvgIpc) is 3.04. The topological polar surface area (TPSA) is 122 Å². The lowest BCUT2D eigenvalue weighted by molar-refractivity contribution is -0.147. The fourth-order valence-corrected chi connectivity index (χ4v) is 4.33. The molecule has 0 radical (unpaired) electrons. The van der Waals surface area contributed by atoms with E-state index in [1.165, 1.54) is 0 Å². The second kappa shape index (κ2) is 11.9. The molecule has 1 atom stereocenters. The Hall–Kier alpha value is -2.30. The van der Waals surface area contributed by atoms with Crippen LogP contribution < -0.4 is 5.56 Å². The molecule has 31 heavy (non-hydrogen) atoms. The molecule has 0 saturated heterocycles. The highest BCUT2D eigenvalue weighted by molar-refractivity contribution is 7.20. The first-order valence-electron chi connectivity index (χ1n) is 10.6. The molecule has 0 fully saturated rings. The van der Waals surface area contributed by atoms with E-state index in [1.54, 1.807) is 13.8 Å². The number of hydrogen-bond donors (Lipinski definition) is 2. The van der Waals surface area contributed by atoms with Gasteiger partial charge in [0.15, 0.2) is 0 Å². The first-order valence-corrected chi connectivity index (χ1v) is 11.4. The zero-order valence-corrected chi connectivity index (χ0v) is 19.3. The third-order valence-electron chi connectivity index (χ3n) is 4.58. The van der Waals surface area contributed by atoms with Crippen molar-refractivity contribution in [1.29, 1.82) is 0 Å². The third kappa shape index (κ3) is 6.84. The molecule has 0 aliphatic heterocycles. The lowest BCUT2D eigenvalue weighted by Gasteiger charge is -2.24. The zero-order chi connectivity index (χ0) is 23.0. The average molecular weight is 454 g/mol. The number of aryl methyl sites for hydroxylation is 1. The Morgan fingerprint density at radius 3 is 2.61 bits per heavy atom. The minimum atomic E-state index is -0.845. The molecule has 2 aromatic rings. The summed E-state index contributed by atoms with van der Waals surface area (Å²) in [6.07, 6.45) is 1.01. The minimum Gasteiger partial charge on any atom is -0.463 e. The van der Waals surface area contributed by atoms with Gasteiger partial charge in [0, 0.05) is 13.0 Å². The molecule has 9 nitrogen and oxygen atoms in total. The van der Waals surface area contributed by atoms with E-state index in [9.17, 15) is 19.5 Å². The molecule has 0 saturated carbocycles. The largest absolute Gasteiger partial charge is 0.463 e. The van der Waals surface area contributed by atoms with Crippen molar-refractivity contribution in [1.82, 2.24) is 14.9 Å². The number of ether oxygens (including phenoxy) is 2. The second-order valence-corrected chi connectivity index (χ2v) is 8.29. The SMILES string of the molecule is CCCC(=O)OCC(O)CN(CCC)Cc1nc2sc(C(=O)OCC)c(C)c2c(=O)[nH]1. The number of aliphatic hydroxyl groups excluding tert-OH is 1. The van der Waals surface area contributed by atoms with Crippen LogP contribution in [-0.2, 0) is 20.8 Å².